The first kappa shape index (κ1) is 10.2. The normalized spacial score (nSPS) is 34.4. The van der Waals surface area contributed by atoms with E-state index in [0.29, 0.717) is 17.1 Å². The fraction of sp³-hybridized carbons (Fsp3) is 0.923. The third kappa shape index (κ3) is 2.02. The van der Waals surface area contributed by atoms with Crippen LogP contribution in [0.5, 0.6) is 0 Å². The van der Waals surface area contributed by atoms with E-state index < -0.39 is 0 Å². The molecule has 0 aromatic carbocycles. The number of hydrogen-bond acceptors (Lipinski definition) is 1. The molecule has 0 heterocycles. The molecule has 14 heavy (non-hydrogen) atoms. The molecule has 0 spiro atoms. The van der Waals surface area contributed by atoms with Gasteiger partial charge in [-0.1, -0.05) is 33.1 Å². The summed E-state index contributed by atoms with van der Waals surface area (Å²) in [7, 11) is 0. The van der Waals surface area contributed by atoms with Gasteiger partial charge in [0, 0.05) is 12.3 Å². The zero-order valence-electron chi connectivity index (χ0n) is 9.51. The number of hydrogen-bond donors (Lipinski definition) is 0. The van der Waals surface area contributed by atoms with Crippen LogP contribution in [0, 0.1) is 17.3 Å². The highest BCUT2D eigenvalue weighted by Gasteiger charge is 2.43. The predicted molar refractivity (Wildman–Crippen MR) is 58.1 cm³/mol. The van der Waals surface area contributed by atoms with Crippen LogP contribution in [0.1, 0.15) is 58.8 Å². The fourth-order valence-corrected chi connectivity index (χ4v) is 3.05. The summed E-state index contributed by atoms with van der Waals surface area (Å²) in [6, 6.07) is 0. The average Bonchev–Trinajstić information content (AvgIpc) is 2.83. The van der Waals surface area contributed by atoms with Crippen LogP contribution >= 0.6 is 0 Å². The maximum absolute atomic E-state index is 11.9. The second kappa shape index (κ2) is 3.67. The monoisotopic (exact) mass is 194 g/mol. The van der Waals surface area contributed by atoms with Gasteiger partial charge in [-0.25, -0.2) is 0 Å². The van der Waals surface area contributed by atoms with Crippen molar-refractivity contribution in [2.24, 2.45) is 17.3 Å². The molecule has 2 atom stereocenters. The Kier molecular flexibility index (Phi) is 2.68. The number of ketones is 1. The maximum Gasteiger partial charge on any atom is 0.136 e. The van der Waals surface area contributed by atoms with E-state index in [2.05, 4.69) is 13.8 Å². The molecule has 0 aromatic heterocycles. The van der Waals surface area contributed by atoms with Crippen molar-refractivity contribution in [3.63, 3.8) is 0 Å². The molecule has 2 aliphatic carbocycles. The van der Waals surface area contributed by atoms with E-state index in [9.17, 15) is 4.79 Å². The van der Waals surface area contributed by atoms with Crippen LogP contribution in [0.25, 0.3) is 0 Å². The Bertz CT molecular complexity index is 225. The Morgan fingerprint density at radius 3 is 2.50 bits per heavy atom. The summed E-state index contributed by atoms with van der Waals surface area (Å²) in [5, 5.41) is 0. The van der Waals surface area contributed by atoms with Gasteiger partial charge in [-0.15, -0.1) is 0 Å². The van der Waals surface area contributed by atoms with Gasteiger partial charge >= 0.3 is 0 Å². The summed E-state index contributed by atoms with van der Waals surface area (Å²) in [5.41, 5.74) is 0.373. The highest BCUT2D eigenvalue weighted by Crippen LogP contribution is 2.47. The second-order valence-electron chi connectivity index (χ2n) is 5.67. The Morgan fingerprint density at radius 1 is 1.36 bits per heavy atom. The molecule has 0 radical (unpaired) electrons. The molecule has 0 amide bonds. The van der Waals surface area contributed by atoms with E-state index in [1.807, 2.05) is 0 Å². The zero-order chi connectivity index (χ0) is 10.2. The van der Waals surface area contributed by atoms with Crippen LogP contribution in [-0.2, 0) is 4.79 Å². The minimum Gasteiger partial charge on any atom is -0.299 e. The third-order valence-electron chi connectivity index (χ3n) is 4.27. The van der Waals surface area contributed by atoms with Crippen LogP contribution in [0.15, 0.2) is 0 Å². The lowest BCUT2D eigenvalue weighted by molar-refractivity contribution is -0.122. The van der Waals surface area contributed by atoms with Crippen molar-refractivity contribution in [3.8, 4) is 0 Å². The maximum atomic E-state index is 11.9. The fourth-order valence-electron chi connectivity index (χ4n) is 3.05. The molecule has 1 nitrogen and oxygen atoms in total. The lowest BCUT2D eigenvalue weighted by Crippen LogP contribution is -2.18. The van der Waals surface area contributed by atoms with Crippen molar-refractivity contribution in [1.82, 2.24) is 0 Å². The summed E-state index contributed by atoms with van der Waals surface area (Å²) < 4.78 is 0. The number of rotatable bonds is 4. The Morgan fingerprint density at radius 2 is 2.00 bits per heavy atom. The molecule has 0 aromatic rings. The SMILES string of the molecule is CCC1CC1C(=O)CC1(C)CCCC1. The Balaban J connectivity index is 1.83. The molecule has 0 N–H and O–H groups in total. The van der Waals surface area contributed by atoms with E-state index in [-0.39, 0.29) is 0 Å². The summed E-state index contributed by atoms with van der Waals surface area (Å²) in [4.78, 5) is 11.9. The van der Waals surface area contributed by atoms with Gasteiger partial charge in [-0.05, 0) is 30.6 Å². The molecule has 0 aliphatic heterocycles. The van der Waals surface area contributed by atoms with Crippen LogP contribution in [-0.4, -0.2) is 5.78 Å². The van der Waals surface area contributed by atoms with E-state index in [1.165, 1.54) is 38.5 Å². The average molecular weight is 194 g/mol. The minimum atomic E-state index is 0.373. The number of carbonyl (C=O) groups is 1. The van der Waals surface area contributed by atoms with Gasteiger partial charge in [0.1, 0.15) is 5.78 Å². The van der Waals surface area contributed by atoms with Crippen molar-refractivity contribution in [1.29, 1.82) is 0 Å². The van der Waals surface area contributed by atoms with Gasteiger partial charge in [0.15, 0.2) is 0 Å². The van der Waals surface area contributed by atoms with Crippen molar-refractivity contribution < 1.29 is 4.79 Å². The predicted octanol–water partition coefficient (Wildman–Crippen LogP) is 3.57. The summed E-state index contributed by atoms with van der Waals surface area (Å²) in [6.45, 7) is 4.51. The van der Waals surface area contributed by atoms with Crippen molar-refractivity contribution in [2.75, 3.05) is 0 Å². The van der Waals surface area contributed by atoms with Gasteiger partial charge in [0.05, 0.1) is 0 Å². The first-order valence-electron chi connectivity index (χ1n) is 6.17. The molecular weight excluding hydrogens is 172 g/mol. The van der Waals surface area contributed by atoms with Gasteiger partial charge in [-0.3, -0.25) is 4.79 Å². The van der Waals surface area contributed by atoms with Crippen LogP contribution in [0.4, 0.5) is 0 Å². The van der Waals surface area contributed by atoms with Gasteiger partial charge in [0.25, 0.3) is 0 Å². The molecule has 2 aliphatic rings. The van der Waals surface area contributed by atoms with Gasteiger partial charge in [-0.2, -0.15) is 0 Å². The van der Waals surface area contributed by atoms with Crippen molar-refractivity contribution in [3.05, 3.63) is 0 Å². The van der Waals surface area contributed by atoms with Crippen LogP contribution < -0.4 is 0 Å². The van der Waals surface area contributed by atoms with Gasteiger partial charge in [0.2, 0.25) is 0 Å². The first-order chi connectivity index (χ1) is 6.64. The van der Waals surface area contributed by atoms with Gasteiger partial charge < -0.3 is 0 Å². The van der Waals surface area contributed by atoms with E-state index in [4.69, 9.17) is 0 Å². The van der Waals surface area contributed by atoms with Crippen LogP contribution in [0.2, 0.25) is 0 Å². The molecule has 1 heteroatoms. The highest BCUT2D eigenvalue weighted by atomic mass is 16.1. The summed E-state index contributed by atoms with van der Waals surface area (Å²) in [6.07, 6.45) is 8.49. The molecule has 2 saturated carbocycles. The van der Waals surface area contributed by atoms with E-state index in [1.54, 1.807) is 0 Å². The quantitative estimate of drug-likeness (QED) is 0.668. The Labute approximate surface area is 87.3 Å². The standard InChI is InChI=1S/C13H22O/c1-3-10-8-11(10)12(14)9-13(2)6-4-5-7-13/h10-11H,3-9H2,1-2H3. The largest absolute Gasteiger partial charge is 0.299 e. The first-order valence-corrected chi connectivity index (χ1v) is 6.17. The molecule has 0 bridgehead atoms. The molecule has 0 saturated heterocycles. The van der Waals surface area contributed by atoms with Crippen LogP contribution in [0.3, 0.4) is 0 Å². The minimum absolute atomic E-state index is 0.373. The van der Waals surface area contributed by atoms with Crippen molar-refractivity contribution >= 4 is 5.78 Å². The smallest absolute Gasteiger partial charge is 0.136 e. The van der Waals surface area contributed by atoms with E-state index in [0.717, 1.165) is 12.3 Å². The van der Waals surface area contributed by atoms with E-state index >= 15 is 0 Å². The highest BCUT2D eigenvalue weighted by molar-refractivity contribution is 5.84. The number of Topliss-reactive ketones (excluding diaryl/α,β-unsaturated/α-hetero) is 1. The molecule has 2 fully saturated rings. The Hall–Kier alpha value is -0.330. The van der Waals surface area contributed by atoms with Crippen molar-refractivity contribution in [2.45, 2.75) is 58.8 Å². The summed E-state index contributed by atoms with van der Waals surface area (Å²) in [5.74, 6) is 1.77. The zero-order valence-corrected chi connectivity index (χ0v) is 9.51. The summed E-state index contributed by atoms with van der Waals surface area (Å²) >= 11 is 0. The second-order valence-corrected chi connectivity index (χ2v) is 5.67. The molecule has 80 valence electrons. The molecule has 2 unspecified atom stereocenters. The lowest BCUT2D eigenvalue weighted by Gasteiger charge is -2.22. The number of carbonyl (C=O) groups excluding carboxylic acids is 1. The molecule has 2 rings (SSSR count). The topological polar surface area (TPSA) is 17.1 Å². The lowest BCUT2D eigenvalue weighted by atomic mass is 9.82. The molecular formula is C13H22O. The third-order valence-corrected chi connectivity index (χ3v) is 4.27.